The van der Waals surface area contributed by atoms with Crippen molar-refractivity contribution >= 4 is 22.2 Å². The molecule has 0 unspecified atom stereocenters. The van der Waals surface area contributed by atoms with E-state index >= 15 is 0 Å². The molecule has 0 aliphatic heterocycles. The van der Waals surface area contributed by atoms with E-state index in [0.29, 0.717) is 0 Å². The molecule has 0 saturated carbocycles. The minimum Gasteiger partial charge on any atom is -0.347 e. The van der Waals surface area contributed by atoms with Gasteiger partial charge in [0, 0.05) is 35.9 Å². The van der Waals surface area contributed by atoms with Gasteiger partial charge in [0.2, 0.25) is 0 Å². The van der Waals surface area contributed by atoms with Crippen LogP contribution in [0.5, 0.6) is 0 Å². The van der Waals surface area contributed by atoms with Gasteiger partial charge in [0.15, 0.2) is 0 Å². The Morgan fingerprint density at radius 2 is 2.15 bits per heavy atom. The average Bonchev–Trinajstić information content (AvgIpc) is 3.05. The highest BCUT2D eigenvalue weighted by Gasteiger charge is 2.00. The molecule has 3 nitrogen and oxygen atoms in total. The Hall–Kier alpha value is -1.65. The van der Waals surface area contributed by atoms with Gasteiger partial charge in [-0.05, 0) is 37.4 Å². The monoisotopic (exact) mass is 285 g/mol. The van der Waals surface area contributed by atoms with Gasteiger partial charge in [0.1, 0.15) is 5.01 Å². The van der Waals surface area contributed by atoms with Crippen molar-refractivity contribution in [2.45, 2.75) is 26.4 Å². The van der Waals surface area contributed by atoms with Gasteiger partial charge in [-0.25, -0.2) is 4.98 Å². The molecule has 3 rings (SSSR count). The van der Waals surface area contributed by atoms with Crippen molar-refractivity contribution in [1.82, 2.24) is 14.9 Å². The Kier molecular flexibility index (Phi) is 4.14. The predicted molar refractivity (Wildman–Crippen MR) is 85.1 cm³/mol. The molecule has 0 aliphatic carbocycles. The number of aryl methyl sites for hydroxylation is 2. The van der Waals surface area contributed by atoms with Crippen LogP contribution in [0, 0.1) is 6.92 Å². The molecule has 0 spiro atoms. The van der Waals surface area contributed by atoms with E-state index in [4.69, 9.17) is 0 Å². The average molecular weight is 285 g/mol. The fourth-order valence-electron chi connectivity index (χ4n) is 2.39. The number of nitrogens with one attached hydrogen (secondary N) is 1. The Bertz CT molecular complexity index is 684. The molecule has 0 radical (unpaired) electrons. The molecular weight excluding hydrogens is 266 g/mol. The largest absolute Gasteiger partial charge is 0.347 e. The van der Waals surface area contributed by atoms with Gasteiger partial charge in [-0.1, -0.05) is 18.2 Å². The van der Waals surface area contributed by atoms with Crippen LogP contribution < -0.4 is 5.32 Å². The fourth-order valence-corrected chi connectivity index (χ4v) is 3.13. The van der Waals surface area contributed by atoms with E-state index in [0.717, 1.165) is 31.7 Å². The zero-order valence-electron chi connectivity index (χ0n) is 11.7. The van der Waals surface area contributed by atoms with Crippen LogP contribution in [-0.4, -0.2) is 16.1 Å². The molecule has 0 bridgehead atoms. The van der Waals surface area contributed by atoms with Crippen molar-refractivity contribution < 1.29 is 0 Å². The van der Waals surface area contributed by atoms with E-state index in [1.807, 2.05) is 6.92 Å². The minimum atomic E-state index is 0.880. The van der Waals surface area contributed by atoms with Gasteiger partial charge in [0.25, 0.3) is 0 Å². The Labute approximate surface area is 123 Å². The van der Waals surface area contributed by atoms with Crippen LogP contribution in [0.15, 0.2) is 41.9 Å². The van der Waals surface area contributed by atoms with Crippen LogP contribution in [0.2, 0.25) is 0 Å². The maximum Gasteiger partial charge on any atom is 0.107 e. The van der Waals surface area contributed by atoms with E-state index in [9.17, 15) is 0 Å². The first-order chi connectivity index (χ1) is 9.83. The van der Waals surface area contributed by atoms with Crippen LogP contribution in [-0.2, 0) is 13.1 Å². The van der Waals surface area contributed by atoms with Gasteiger partial charge >= 0.3 is 0 Å². The van der Waals surface area contributed by atoms with E-state index in [1.54, 1.807) is 11.3 Å². The van der Waals surface area contributed by atoms with E-state index in [1.165, 1.54) is 15.9 Å². The second-order valence-electron chi connectivity index (χ2n) is 4.98. The third-order valence-corrected chi connectivity index (χ3v) is 4.34. The van der Waals surface area contributed by atoms with Crippen molar-refractivity contribution in [3.05, 3.63) is 52.6 Å². The van der Waals surface area contributed by atoms with Gasteiger partial charge in [-0.2, -0.15) is 0 Å². The van der Waals surface area contributed by atoms with Crippen LogP contribution in [0.1, 0.15) is 17.1 Å². The highest BCUT2D eigenvalue weighted by atomic mass is 32.1. The zero-order valence-corrected chi connectivity index (χ0v) is 12.5. The van der Waals surface area contributed by atoms with Gasteiger partial charge in [-0.15, -0.1) is 11.3 Å². The van der Waals surface area contributed by atoms with Crippen molar-refractivity contribution in [2.24, 2.45) is 0 Å². The summed E-state index contributed by atoms with van der Waals surface area (Å²) in [5.74, 6) is 0. The summed E-state index contributed by atoms with van der Waals surface area (Å²) in [6, 6.07) is 10.7. The Balaban J connectivity index is 1.46. The number of rotatable bonds is 6. The number of thiazole rings is 1. The molecule has 20 heavy (non-hydrogen) atoms. The van der Waals surface area contributed by atoms with Crippen LogP contribution >= 0.6 is 11.3 Å². The summed E-state index contributed by atoms with van der Waals surface area (Å²) in [5.41, 5.74) is 2.44. The van der Waals surface area contributed by atoms with Gasteiger partial charge < -0.3 is 9.88 Å². The number of hydrogen-bond acceptors (Lipinski definition) is 3. The topological polar surface area (TPSA) is 29.9 Å². The number of aromatic nitrogens is 2. The lowest BCUT2D eigenvalue weighted by Crippen LogP contribution is -2.16. The fraction of sp³-hybridized carbons (Fsp3) is 0.312. The lowest BCUT2D eigenvalue weighted by Gasteiger charge is -2.06. The summed E-state index contributed by atoms with van der Waals surface area (Å²) in [7, 11) is 0. The summed E-state index contributed by atoms with van der Waals surface area (Å²) in [6.07, 6.45) is 3.30. The SMILES string of the molecule is Cc1csc(CNCCCn2ccc3ccccc32)n1. The lowest BCUT2D eigenvalue weighted by atomic mass is 10.2. The summed E-state index contributed by atoms with van der Waals surface area (Å²) >= 11 is 1.73. The second-order valence-corrected chi connectivity index (χ2v) is 5.92. The predicted octanol–water partition coefficient (Wildman–Crippen LogP) is 3.59. The normalized spacial score (nSPS) is 11.2. The second kappa shape index (κ2) is 6.20. The third-order valence-electron chi connectivity index (χ3n) is 3.38. The maximum atomic E-state index is 4.45. The molecule has 4 heteroatoms. The van der Waals surface area contributed by atoms with Crippen LogP contribution in [0.4, 0.5) is 0 Å². The highest BCUT2D eigenvalue weighted by molar-refractivity contribution is 7.09. The standard InChI is InChI=1S/C16H19N3S/c1-13-12-20-16(18-13)11-17-8-4-9-19-10-7-14-5-2-3-6-15(14)19/h2-3,5-7,10,12,17H,4,8-9,11H2,1H3. The summed E-state index contributed by atoms with van der Waals surface area (Å²) in [4.78, 5) is 4.45. The zero-order chi connectivity index (χ0) is 13.8. The smallest absolute Gasteiger partial charge is 0.107 e. The molecule has 0 saturated heterocycles. The number of fused-ring (bicyclic) bond motifs is 1. The summed E-state index contributed by atoms with van der Waals surface area (Å²) in [5, 5.41) is 8.05. The van der Waals surface area contributed by atoms with Crippen molar-refractivity contribution in [2.75, 3.05) is 6.54 Å². The van der Waals surface area contributed by atoms with Crippen molar-refractivity contribution in [3.63, 3.8) is 0 Å². The Morgan fingerprint density at radius 3 is 3.00 bits per heavy atom. The molecule has 0 amide bonds. The first kappa shape index (κ1) is 13.3. The Morgan fingerprint density at radius 1 is 1.25 bits per heavy atom. The van der Waals surface area contributed by atoms with Gasteiger partial charge in [-0.3, -0.25) is 0 Å². The minimum absolute atomic E-state index is 0.880. The molecule has 1 N–H and O–H groups in total. The van der Waals surface area contributed by atoms with Gasteiger partial charge in [0.05, 0.1) is 0 Å². The highest BCUT2D eigenvalue weighted by Crippen LogP contribution is 2.15. The molecule has 1 aromatic carbocycles. The molecule has 3 aromatic rings. The molecule has 0 aliphatic rings. The van der Waals surface area contributed by atoms with E-state index < -0.39 is 0 Å². The maximum absolute atomic E-state index is 4.45. The molecule has 104 valence electrons. The van der Waals surface area contributed by atoms with Crippen LogP contribution in [0.3, 0.4) is 0 Å². The number of nitrogens with zero attached hydrogens (tertiary/aromatic N) is 2. The molecule has 2 heterocycles. The quantitative estimate of drug-likeness (QED) is 0.701. The first-order valence-corrected chi connectivity index (χ1v) is 7.86. The molecule has 2 aromatic heterocycles. The molecule has 0 atom stereocenters. The summed E-state index contributed by atoms with van der Waals surface area (Å²) in [6.45, 7) is 4.99. The number of hydrogen-bond donors (Lipinski definition) is 1. The first-order valence-electron chi connectivity index (χ1n) is 6.98. The van der Waals surface area contributed by atoms with Crippen molar-refractivity contribution in [3.8, 4) is 0 Å². The molecule has 0 fully saturated rings. The lowest BCUT2D eigenvalue weighted by molar-refractivity contribution is 0.589. The molecular formula is C16H19N3S. The number of benzene rings is 1. The third kappa shape index (κ3) is 3.08. The van der Waals surface area contributed by atoms with E-state index in [2.05, 4.69) is 56.8 Å². The summed E-state index contributed by atoms with van der Waals surface area (Å²) < 4.78 is 2.32. The van der Waals surface area contributed by atoms with E-state index in [-0.39, 0.29) is 0 Å². The van der Waals surface area contributed by atoms with Crippen LogP contribution in [0.25, 0.3) is 10.9 Å². The number of para-hydroxylation sites is 1. The van der Waals surface area contributed by atoms with Crippen molar-refractivity contribution in [1.29, 1.82) is 0 Å².